The van der Waals surface area contributed by atoms with E-state index in [9.17, 15) is 4.79 Å². The van der Waals surface area contributed by atoms with Crippen molar-refractivity contribution in [3.8, 4) is 5.88 Å². The van der Waals surface area contributed by atoms with E-state index < -0.39 is 8.15 Å². The monoisotopic (exact) mass is 346 g/mol. The van der Waals surface area contributed by atoms with Gasteiger partial charge in [0.05, 0.1) is 5.52 Å². The van der Waals surface area contributed by atoms with Gasteiger partial charge >= 0.3 is 0 Å². The molecule has 0 bridgehead atoms. The Bertz CT molecular complexity index is 1010. The van der Waals surface area contributed by atoms with Crippen molar-refractivity contribution in [2.75, 3.05) is 0 Å². The third kappa shape index (κ3) is 3.30. The van der Waals surface area contributed by atoms with Crippen LogP contribution in [0.2, 0.25) is 0 Å². The average Bonchev–Trinajstić information content (AvgIpc) is 2.68. The smallest absolute Gasteiger partial charge is 0.217 e. The molecule has 2 aromatic carbocycles. The summed E-state index contributed by atoms with van der Waals surface area (Å²) < 4.78 is 6.25. The Morgan fingerprint density at radius 1 is 0.800 bits per heavy atom. The van der Waals surface area contributed by atoms with Crippen molar-refractivity contribution < 1.29 is 4.52 Å². The van der Waals surface area contributed by atoms with Gasteiger partial charge in [-0.2, -0.15) is 0 Å². The summed E-state index contributed by atoms with van der Waals surface area (Å²) in [5.41, 5.74) is 0.961. The molecule has 122 valence electrons. The van der Waals surface area contributed by atoms with E-state index in [4.69, 9.17) is 4.52 Å². The fourth-order valence-corrected chi connectivity index (χ4v) is 4.24. The maximum absolute atomic E-state index is 12.0. The summed E-state index contributed by atoms with van der Waals surface area (Å²) in [6.45, 7) is 0. The minimum atomic E-state index is -1.07. The van der Waals surface area contributed by atoms with Crippen molar-refractivity contribution in [1.29, 1.82) is 0 Å². The zero-order valence-electron chi connectivity index (χ0n) is 13.3. The molecule has 0 fully saturated rings. The first kappa shape index (κ1) is 15.6. The summed E-state index contributed by atoms with van der Waals surface area (Å²) in [6, 6.07) is 25.2. The first-order valence-corrected chi connectivity index (χ1v) is 9.14. The van der Waals surface area contributed by atoms with Crippen LogP contribution >= 0.6 is 8.15 Å². The van der Waals surface area contributed by atoms with Gasteiger partial charge in [-0.3, -0.25) is 4.79 Å². The highest BCUT2D eigenvalue weighted by molar-refractivity contribution is 7.68. The van der Waals surface area contributed by atoms with E-state index in [1.807, 2.05) is 66.7 Å². The van der Waals surface area contributed by atoms with Crippen molar-refractivity contribution in [3.05, 3.63) is 95.3 Å². The summed E-state index contributed by atoms with van der Waals surface area (Å²) in [4.78, 5) is 19.5. The fraction of sp³-hybridized carbons (Fsp3) is 0. The predicted molar refractivity (Wildman–Crippen MR) is 102 cm³/mol. The van der Waals surface area contributed by atoms with Gasteiger partial charge < -0.3 is 9.51 Å². The summed E-state index contributed by atoms with van der Waals surface area (Å²) in [6.07, 6.45) is 1.62. The summed E-state index contributed by atoms with van der Waals surface area (Å²) in [5, 5.41) is 2.18. The van der Waals surface area contributed by atoms with Crippen LogP contribution in [0.3, 0.4) is 0 Å². The van der Waals surface area contributed by atoms with Crippen LogP contribution < -0.4 is 20.6 Å². The topological polar surface area (TPSA) is 55.0 Å². The van der Waals surface area contributed by atoms with Gasteiger partial charge in [0, 0.05) is 28.9 Å². The minimum absolute atomic E-state index is 0.122. The lowest BCUT2D eigenvalue weighted by molar-refractivity contribution is 0.604. The second-order valence-electron chi connectivity index (χ2n) is 5.44. The molecule has 0 unspecified atom stereocenters. The molecule has 4 nitrogen and oxygen atoms in total. The number of benzene rings is 2. The molecule has 0 saturated heterocycles. The van der Waals surface area contributed by atoms with Crippen molar-refractivity contribution in [2.24, 2.45) is 0 Å². The maximum Gasteiger partial charge on any atom is 0.217 e. The number of hydrogen-bond donors (Lipinski definition) is 1. The Balaban J connectivity index is 1.77. The van der Waals surface area contributed by atoms with Crippen molar-refractivity contribution >= 4 is 29.8 Å². The molecule has 4 aromatic rings. The first-order chi connectivity index (χ1) is 12.3. The van der Waals surface area contributed by atoms with Crippen LogP contribution in [0, 0.1) is 0 Å². The van der Waals surface area contributed by atoms with Crippen LogP contribution in [0.5, 0.6) is 5.88 Å². The SMILES string of the molecule is O=c1cc[nH]c2ccc(OP(c3ccccc3)c3ccccc3)nc12. The second-order valence-corrected chi connectivity index (χ2v) is 7.25. The first-order valence-electron chi connectivity index (χ1n) is 7.88. The van der Waals surface area contributed by atoms with Crippen LogP contribution in [-0.4, -0.2) is 9.97 Å². The van der Waals surface area contributed by atoms with Crippen LogP contribution in [0.4, 0.5) is 0 Å². The van der Waals surface area contributed by atoms with Gasteiger partial charge in [0.2, 0.25) is 11.3 Å². The molecule has 2 aromatic heterocycles. The minimum Gasteiger partial charge on any atom is -0.447 e. The number of nitrogens with one attached hydrogen (secondary N) is 1. The number of rotatable bonds is 4. The molecule has 0 spiro atoms. The van der Waals surface area contributed by atoms with E-state index in [1.165, 1.54) is 6.07 Å². The fourth-order valence-electron chi connectivity index (χ4n) is 2.56. The number of fused-ring (bicyclic) bond motifs is 1. The van der Waals surface area contributed by atoms with E-state index in [0.717, 1.165) is 10.6 Å². The van der Waals surface area contributed by atoms with Gasteiger partial charge in [-0.05, 0) is 6.07 Å². The average molecular weight is 346 g/mol. The van der Waals surface area contributed by atoms with Gasteiger partial charge in [-0.25, -0.2) is 4.98 Å². The number of hydrogen-bond acceptors (Lipinski definition) is 3. The molecule has 0 aliphatic rings. The highest BCUT2D eigenvalue weighted by Gasteiger charge is 2.17. The molecule has 2 heterocycles. The lowest BCUT2D eigenvalue weighted by atomic mass is 10.3. The summed E-state index contributed by atoms with van der Waals surface area (Å²) in [7, 11) is -1.07. The Morgan fingerprint density at radius 3 is 2.08 bits per heavy atom. The largest absolute Gasteiger partial charge is 0.447 e. The van der Waals surface area contributed by atoms with Crippen molar-refractivity contribution in [2.45, 2.75) is 0 Å². The van der Waals surface area contributed by atoms with E-state index >= 15 is 0 Å². The van der Waals surface area contributed by atoms with Crippen molar-refractivity contribution in [3.63, 3.8) is 0 Å². The third-order valence-electron chi connectivity index (χ3n) is 3.74. The van der Waals surface area contributed by atoms with Gasteiger partial charge in [0.25, 0.3) is 0 Å². The van der Waals surface area contributed by atoms with Gasteiger partial charge in [-0.1, -0.05) is 60.7 Å². The van der Waals surface area contributed by atoms with E-state index in [0.29, 0.717) is 16.9 Å². The van der Waals surface area contributed by atoms with Gasteiger partial charge in [0.15, 0.2) is 8.15 Å². The van der Waals surface area contributed by atoms with Gasteiger partial charge in [-0.15, -0.1) is 0 Å². The van der Waals surface area contributed by atoms with E-state index in [1.54, 1.807) is 12.3 Å². The van der Waals surface area contributed by atoms with Gasteiger partial charge in [0.1, 0.15) is 5.52 Å². The number of pyridine rings is 2. The lowest BCUT2D eigenvalue weighted by Gasteiger charge is -2.18. The molecule has 1 N–H and O–H groups in total. The molecule has 25 heavy (non-hydrogen) atoms. The Morgan fingerprint density at radius 2 is 1.44 bits per heavy atom. The molecule has 0 radical (unpaired) electrons. The maximum atomic E-state index is 12.0. The zero-order valence-corrected chi connectivity index (χ0v) is 14.2. The summed E-state index contributed by atoms with van der Waals surface area (Å²) in [5.74, 6) is 0.447. The molecule has 0 amide bonds. The van der Waals surface area contributed by atoms with E-state index in [2.05, 4.69) is 9.97 Å². The standard InChI is InChI=1S/C20H15N2O2P/c23-18-13-14-21-17-11-12-19(22-20(17)18)24-25(15-7-3-1-4-8-15)16-9-5-2-6-10-16/h1-14H,(H,21,23). The number of nitrogens with zero attached hydrogens (tertiary/aromatic N) is 1. The molecule has 0 saturated carbocycles. The number of aromatic amines is 1. The van der Waals surface area contributed by atoms with E-state index in [-0.39, 0.29) is 5.43 Å². The normalized spacial score (nSPS) is 10.9. The second kappa shape index (κ2) is 6.88. The highest BCUT2D eigenvalue weighted by atomic mass is 31.1. The number of aromatic nitrogens is 2. The Kier molecular flexibility index (Phi) is 4.28. The molecule has 0 atom stereocenters. The summed E-state index contributed by atoms with van der Waals surface area (Å²) >= 11 is 0. The molecular formula is C20H15N2O2P. The molecule has 0 aliphatic carbocycles. The molecule has 0 aliphatic heterocycles. The lowest BCUT2D eigenvalue weighted by Crippen LogP contribution is -2.16. The van der Waals surface area contributed by atoms with Crippen LogP contribution in [-0.2, 0) is 0 Å². The number of H-pyrrole nitrogens is 1. The van der Waals surface area contributed by atoms with Crippen LogP contribution in [0.1, 0.15) is 0 Å². The van der Waals surface area contributed by atoms with Crippen molar-refractivity contribution in [1.82, 2.24) is 9.97 Å². The quantitative estimate of drug-likeness (QED) is 0.577. The van der Waals surface area contributed by atoms with Crippen LogP contribution in [0.15, 0.2) is 89.9 Å². The predicted octanol–water partition coefficient (Wildman–Crippen LogP) is 3.35. The molecular weight excluding hydrogens is 331 g/mol. The Hall–Kier alpha value is -2.97. The van der Waals surface area contributed by atoms with Crippen LogP contribution in [0.25, 0.3) is 11.0 Å². The molecule has 4 rings (SSSR count). The Labute approximate surface area is 146 Å². The zero-order chi connectivity index (χ0) is 17.1. The highest BCUT2D eigenvalue weighted by Crippen LogP contribution is 2.35. The third-order valence-corrected chi connectivity index (χ3v) is 5.65. The molecule has 5 heteroatoms.